The summed E-state index contributed by atoms with van der Waals surface area (Å²) < 4.78 is 23.6. The fraction of sp³-hybridized carbons (Fsp3) is 0.231. The number of carbonyl (C=O) groups excluding carboxylic acids is 1. The molecule has 0 saturated carbocycles. The van der Waals surface area contributed by atoms with Gasteiger partial charge in [-0.25, -0.2) is 9.18 Å². The second-order valence-electron chi connectivity index (χ2n) is 3.74. The predicted octanol–water partition coefficient (Wildman–Crippen LogP) is 2.26. The van der Waals surface area contributed by atoms with E-state index >= 15 is 0 Å². The Morgan fingerprint density at radius 1 is 1.47 bits per heavy atom. The largest absolute Gasteiger partial charge is 0.506 e. The van der Waals surface area contributed by atoms with E-state index in [-0.39, 0.29) is 28.8 Å². The maximum absolute atomic E-state index is 13.9. The number of aromatic hydroxyl groups is 1. The number of carbonyl (C=O) groups is 1. The van der Waals surface area contributed by atoms with Crippen LogP contribution in [0.4, 0.5) is 4.39 Å². The molecule has 0 aliphatic heterocycles. The average Bonchev–Trinajstić information content (AvgIpc) is 2.38. The van der Waals surface area contributed by atoms with Gasteiger partial charge in [0, 0.05) is 18.3 Å². The zero-order chi connectivity index (χ0) is 14.0. The van der Waals surface area contributed by atoms with Crippen molar-refractivity contribution in [3.63, 3.8) is 0 Å². The highest BCUT2D eigenvalue weighted by Crippen LogP contribution is 2.32. The molecule has 6 heteroatoms. The monoisotopic (exact) mass is 265 g/mol. The Morgan fingerprint density at radius 3 is 2.84 bits per heavy atom. The van der Waals surface area contributed by atoms with Crippen LogP contribution >= 0.6 is 0 Å². The molecule has 0 aliphatic rings. The molecule has 2 rings (SSSR count). The summed E-state index contributed by atoms with van der Waals surface area (Å²) in [5.74, 6) is -1.67. The number of nitrogens with zero attached hydrogens (tertiary/aromatic N) is 1. The van der Waals surface area contributed by atoms with Crippen molar-refractivity contribution in [2.75, 3.05) is 13.7 Å². The molecule has 0 fully saturated rings. The van der Waals surface area contributed by atoms with E-state index in [0.717, 1.165) is 12.3 Å². The van der Waals surface area contributed by atoms with E-state index in [2.05, 4.69) is 4.98 Å². The van der Waals surface area contributed by atoms with Gasteiger partial charge < -0.3 is 14.6 Å². The molecule has 0 bridgehead atoms. The fourth-order valence-electron chi connectivity index (χ4n) is 1.71. The number of esters is 1. The van der Waals surface area contributed by atoms with Crippen molar-refractivity contribution in [1.82, 2.24) is 4.98 Å². The number of fused-ring (bicyclic) bond motifs is 1. The Labute approximate surface area is 108 Å². The standard InChI is InChI=1S/C13H12FNO4/c1-3-19-13(17)8-6-15-10-5-7(18-2)4-9(14)11(10)12(8)16/h4-6H,3H2,1-2H3,(H,15,16). The van der Waals surface area contributed by atoms with Crippen LogP contribution in [0.1, 0.15) is 17.3 Å². The first kappa shape index (κ1) is 13.1. The highest BCUT2D eigenvalue weighted by Gasteiger charge is 2.19. The molecule has 2 aromatic rings. The van der Waals surface area contributed by atoms with Gasteiger partial charge in [-0.3, -0.25) is 4.98 Å². The molecule has 0 aliphatic carbocycles. The number of pyridine rings is 1. The van der Waals surface area contributed by atoms with E-state index < -0.39 is 17.5 Å². The van der Waals surface area contributed by atoms with Crippen LogP contribution in [0.3, 0.4) is 0 Å². The van der Waals surface area contributed by atoms with Gasteiger partial charge in [0.25, 0.3) is 0 Å². The first-order chi connectivity index (χ1) is 9.08. The number of halogens is 1. The Kier molecular flexibility index (Phi) is 3.50. The summed E-state index contributed by atoms with van der Waals surface area (Å²) >= 11 is 0. The number of hydrogen-bond acceptors (Lipinski definition) is 5. The van der Waals surface area contributed by atoms with E-state index in [1.165, 1.54) is 13.2 Å². The normalized spacial score (nSPS) is 10.5. The van der Waals surface area contributed by atoms with Crippen LogP contribution in [0.5, 0.6) is 11.5 Å². The summed E-state index contributed by atoms with van der Waals surface area (Å²) in [4.78, 5) is 15.5. The van der Waals surface area contributed by atoms with Gasteiger partial charge in [-0.05, 0) is 6.92 Å². The molecular weight excluding hydrogens is 253 g/mol. The van der Waals surface area contributed by atoms with Crippen molar-refractivity contribution in [3.8, 4) is 11.5 Å². The molecule has 0 radical (unpaired) electrons. The molecule has 0 spiro atoms. The quantitative estimate of drug-likeness (QED) is 0.862. The summed E-state index contributed by atoms with van der Waals surface area (Å²) in [6.07, 6.45) is 1.15. The van der Waals surface area contributed by atoms with Gasteiger partial charge in [0.1, 0.15) is 22.9 Å². The van der Waals surface area contributed by atoms with E-state index in [1.807, 2.05) is 0 Å². The number of methoxy groups -OCH3 is 1. The molecule has 0 atom stereocenters. The Hall–Kier alpha value is -2.37. The number of ether oxygens (including phenoxy) is 2. The van der Waals surface area contributed by atoms with Crippen molar-refractivity contribution >= 4 is 16.9 Å². The van der Waals surface area contributed by atoms with Crippen molar-refractivity contribution < 1.29 is 23.8 Å². The van der Waals surface area contributed by atoms with Gasteiger partial charge in [-0.2, -0.15) is 0 Å². The molecule has 1 heterocycles. The van der Waals surface area contributed by atoms with Gasteiger partial charge in [0.05, 0.1) is 24.6 Å². The van der Waals surface area contributed by atoms with Crippen molar-refractivity contribution in [3.05, 3.63) is 29.7 Å². The number of rotatable bonds is 3. The maximum atomic E-state index is 13.9. The number of aromatic nitrogens is 1. The van der Waals surface area contributed by atoms with Gasteiger partial charge in [-0.1, -0.05) is 0 Å². The highest BCUT2D eigenvalue weighted by molar-refractivity contribution is 5.99. The summed E-state index contributed by atoms with van der Waals surface area (Å²) in [7, 11) is 1.40. The molecule has 5 nitrogen and oxygen atoms in total. The zero-order valence-corrected chi connectivity index (χ0v) is 10.4. The van der Waals surface area contributed by atoms with Crippen molar-refractivity contribution in [2.45, 2.75) is 6.92 Å². The number of hydrogen-bond donors (Lipinski definition) is 1. The lowest BCUT2D eigenvalue weighted by Gasteiger charge is -2.08. The van der Waals surface area contributed by atoms with Crippen molar-refractivity contribution in [2.24, 2.45) is 0 Å². The van der Waals surface area contributed by atoms with Gasteiger partial charge >= 0.3 is 5.97 Å². The summed E-state index contributed by atoms with van der Waals surface area (Å²) in [6.45, 7) is 1.79. The first-order valence-electron chi connectivity index (χ1n) is 5.60. The van der Waals surface area contributed by atoms with E-state index in [9.17, 15) is 14.3 Å². The van der Waals surface area contributed by atoms with E-state index in [4.69, 9.17) is 9.47 Å². The average molecular weight is 265 g/mol. The maximum Gasteiger partial charge on any atom is 0.343 e. The smallest absolute Gasteiger partial charge is 0.343 e. The molecule has 1 N–H and O–H groups in total. The molecular formula is C13H12FNO4. The molecule has 0 unspecified atom stereocenters. The lowest BCUT2D eigenvalue weighted by Crippen LogP contribution is -2.06. The van der Waals surface area contributed by atoms with E-state index in [0.29, 0.717) is 0 Å². The minimum absolute atomic E-state index is 0.133. The Morgan fingerprint density at radius 2 is 2.21 bits per heavy atom. The lowest BCUT2D eigenvalue weighted by atomic mass is 10.1. The van der Waals surface area contributed by atoms with Crippen LogP contribution in [-0.4, -0.2) is 29.8 Å². The third-order valence-corrected chi connectivity index (χ3v) is 2.60. The van der Waals surface area contributed by atoms with Crippen LogP contribution in [0.15, 0.2) is 18.3 Å². The van der Waals surface area contributed by atoms with Gasteiger partial charge in [0.15, 0.2) is 0 Å². The predicted molar refractivity (Wildman–Crippen MR) is 65.9 cm³/mol. The molecule has 1 aromatic heterocycles. The number of benzene rings is 1. The summed E-state index contributed by atoms with van der Waals surface area (Å²) in [5, 5.41) is 9.84. The molecule has 100 valence electrons. The lowest BCUT2D eigenvalue weighted by molar-refractivity contribution is 0.0523. The highest BCUT2D eigenvalue weighted by atomic mass is 19.1. The van der Waals surface area contributed by atoms with E-state index in [1.54, 1.807) is 6.92 Å². The minimum Gasteiger partial charge on any atom is -0.506 e. The Balaban J connectivity index is 2.65. The fourth-order valence-corrected chi connectivity index (χ4v) is 1.71. The van der Waals surface area contributed by atoms with Crippen LogP contribution in [0.25, 0.3) is 10.9 Å². The van der Waals surface area contributed by atoms with Crippen molar-refractivity contribution in [1.29, 1.82) is 0 Å². The van der Waals surface area contributed by atoms with Crippen LogP contribution in [0, 0.1) is 5.82 Å². The summed E-state index contributed by atoms with van der Waals surface area (Å²) in [6, 6.07) is 2.58. The Bertz CT molecular complexity index is 642. The summed E-state index contributed by atoms with van der Waals surface area (Å²) in [5.41, 5.74) is 0.0285. The molecule has 19 heavy (non-hydrogen) atoms. The third-order valence-electron chi connectivity index (χ3n) is 2.60. The molecule has 1 aromatic carbocycles. The molecule has 0 amide bonds. The topological polar surface area (TPSA) is 68.7 Å². The zero-order valence-electron chi connectivity index (χ0n) is 10.4. The van der Waals surface area contributed by atoms with Crippen LogP contribution in [-0.2, 0) is 4.74 Å². The minimum atomic E-state index is -0.746. The van der Waals surface area contributed by atoms with Crippen LogP contribution in [0.2, 0.25) is 0 Å². The first-order valence-corrected chi connectivity index (χ1v) is 5.60. The van der Waals surface area contributed by atoms with Gasteiger partial charge in [0.2, 0.25) is 0 Å². The third kappa shape index (κ3) is 2.29. The molecule has 0 saturated heterocycles. The second kappa shape index (κ2) is 5.09. The van der Waals surface area contributed by atoms with Gasteiger partial charge in [-0.15, -0.1) is 0 Å². The van der Waals surface area contributed by atoms with Crippen LogP contribution < -0.4 is 4.74 Å². The SMILES string of the molecule is CCOC(=O)c1cnc2cc(OC)cc(F)c2c1O. The second-order valence-corrected chi connectivity index (χ2v) is 3.74.